The standard InChI is InChI=1S/C15H26N2O/c1-2-10-16-14-9-6-11-17(15(14)18)12-13-7-4-3-5-8-13/h3-4,13-14,16H,2,5-12H2,1H3. The fraction of sp³-hybridized carbons (Fsp3) is 0.800. The first-order chi connectivity index (χ1) is 8.81. The molecular weight excluding hydrogens is 224 g/mol. The lowest BCUT2D eigenvalue weighted by atomic mass is 9.92. The molecule has 2 atom stereocenters. The van der Waals surface area contributed by atoms with E-state index in [1.165, 1.54) is 12.8 Å². The van der Waals surface area contributed by atoms with E-state index in [0.29, 0.717) is 11.8 Å². The van der Waals surface area contributed by atoms with Gasteiger partial charge in [0.1, 0.15) is 0 Å². The van der Waals surface area contributed by atoms with E-state index < -0.39 is 0 Å². The van der Waals surface area contributed by atoms with Gasteiger partial charge in [-0.2, -0.15) is 0 Å². The Labute approximate surface area is 111 Å². The quantitative estimate of drug-likeness (QED) is 0.760. The average molecular weight is 250 g/mol. The van der Waals surface area contributed by atoms with Gasteiger partial charge in [0.25, 0.3) is 0 Å². The van der Waals surface area contributed by atoms with Crippen molar-refractivity contribution >= 4 is 5.91 Å². The molecule has 102 valence electrons. The second kappa shape index (κ2) is 6.93. The summed E-state index contributed by atoms with van der Waals surface area (Å²) >= 11 is 0. The number of nitrogens with zero attached hydrogens (tertiary/aromatic N) is 1. The van der Waals surface area contributed by atoms with Crippen LogP contribution >= 0.6 is 0 Å². The molecule has 3 heteroatoms. The highest BCUT2D eigenvalue weighted by molar-refractivity contribution is 5.82. The lowest BCUT2D eigenvalue weighted by Gasteiger charge is -2.35. The summed E-state index contributed by atoms with van der Waals surface area (Å²) in [6, 6.07) is 0.0813. The van der Waals surface area contributed by atoms with Gasteiger partial charge in [0.05, 0.1) is 6.04 Å². The molecule has 0 radical (unpaired) electrons. The van der Waals surface area contributed by atoms with E-state index in [0.717, 1.165) is 45.3 Å². The van der Waals surface area contributed by atoms with Crippen molar-refractivity contribution in [2.24, 2.45) is 5.92 Å². The zero-order valence-corrected chi connectivity index (χ0v) is 11.5. The van der Waals surface area contributed by atoms with Crippen molar-refractivity contribution in [1.29, 1.82) is 0 Å². The smallest absolute Gasteiger partial charge is 0.239 e. The SMILES string of the molecule is CCCNC1CCCN(CC2CC=CCC2)C1=O. The zero-order valence-electron chi connectivity index (χ0n) is 11.5. The predicted octanol–water partition coefficient (Wildman–Crippen LogP) is 2.33. The summed E-state index contributed by atoms with van der Waals surface area (Å²) in [5.74, 6) is 1.02. The van der Waals surface area contributed by atoms with Gasteiger partial charge in [-0.15, -0.1) is 0 Å². The van der Waals surface area contributed by atoms with Crippen LogP contribution < -0.4 is 5.32 Å². The van der Waals surface area contributed by atoms with Crippen molar-refractivity contribution in [1.82, 2.24) is 10.2 Å². The number of piperidine rings is 1. The van der Waals surface area contributed by atoms with Crippen LogP contribution in [0.25, 0.3) is 0 Å². The molecule has 0 bridgehead atoms. The highest BCUT2D eigenvalue weighted by Gasteiger charge is 2.29. The van der Waals surface area contributed by atoms with Crippen LogP contribution in [0.2, 0.25) is 0 Å². The Morgan fingerprint density at radius 3 is 3.00 bits per heavy atom. The van der Waals surface area contributed by atoms with Crippen LogP contribution in [0.5, 0.6) is 0 Å². The first-order valence-corrected chi connectivity index (χ1v) is 7.48. The summed E-state index contributed by atoms with van der Waals surface area (Å²) < 4.78 is 0. The van der Waals surface area contributed by atoms with Crippen LogP contribution in [0.1, 0.15) is 45.4 Å². The maximum Gasteiger partial charge on any atom is 0.239 e. The Kier molecular flexibility index (Phi) is 5.24. The topological polar surface area (TPSA) is 32.3 Å². The fourth-order valence-corrected chi connectivity index (χ4v) is 2.96. The second-order valence-corrected chi connectivity index (χ2v) is 5.58. The molecule has 3 nitrogen and oxygen atoms in total. The molecule has 1 saturated heterocycles. The van der Waals surface area contributed by atoms with E-state index in [-0.39, 0.29) is 6.04 Å². The molecule has 18 heavy (non-hydrogen) atoms. The predicted molar refractivity (Wildman–Crippen MR) is 74.4 cm³/mol. The number of likely N-dealkylation sites (tertiary alicyclic amines) is 1. The van der Waals surface area contributed by atoms with Crippen LogP contribution in [-0.2, 0) is 4.79 Å². The molecule has 1 aliphatic heterocycles. The van der Waals surface area contributed by atoms with Crippen molar-refractivity contribution in [2.45, 2.75) is 51.5 Å². The van der Waals surface area contributed by atoms with Gasteiger partial charge in [-0.05, 0) is 51.0 Å². The molecule has 2 unspecified atom stereocenters. The van der Waals surface area contributed by atoms with Crippen molar-refractivity contribution in [3.63, 3.8) is 0 Å². The first kappa shape index (κ1) is 13.6. The van der Waals surface area contributed by atoms with Crippen molar-refractivity contribution in [3.05, 3.63) is 12.2 Å². The number of nitrogens with one attached hydrogen (secondary N) is 1. The monoisotopic (exact) mass is 250 g/mol. The normalized spacial score (nSPS) is 28.7. The minimum absolute atomic E-state index is 0.0813. The molecule has 0 spiro atoms. The molecule has 0 aromatic heterocycles. The third kappa shape index (κ3) is 3.58. The van der Waals surface area contributed by atoms with Crippen molar-refractivity contribution < 1.29 is 4.79 Å². The van der Waals surface area contributed by atoms with E-state index >= 15 is 0 Å². The maximum atomic E-state index is 12.4. The van der Waals surface area contributed by atoms with Crippen LogP contribution in [0.4, 0.5) is 0 Å². The van der Waals surface area contributed by atoms with Gasteiger partial charge < -0.3 is 10.2 Å². The van der Waals surface area contributed by atoms with Crippen LogP contribution in [0, 0.1) is 5.92 Å². The van der Waals surface area contributed by atoms with Gasteiger partial charge in [0, 0.05) is 13.1 Å². The molecule has 0 saturated carbocycles. The molecule has 1 N–H and O–H groups in total. The summed E-state index contributed by atoms with van der Waals surface area (Å²) in [7, 11) is 0. The Morgan fingerprint density at radius 2 is 2.28 bits per heavy atom. The Morgan fingerprint density at radius 1 is 1.39 bits per heavy atom. The largest absolute Gasteiger partial charge is 0.341 e. The molecule has 1 aliphatic carbocycles. The van der Waals surface area contributed by atoms with Gasteiger partial charge in [0.2, 0.25) is 5.91 Å². The number of allylic oxidation sites excluding steroid dienone is 2. The summed E-state index contributed by atoms with van der Waals surface area (Å²) in [5.41, 5.74) is 0. The minimum atomic E-state index is 0.0813. The van der Waals surface area contributed by atoms with E-state index in [4.69, 9.17) is 0 Å². The molecule has 0 aromatic rings. The fourth-order valence-electron chi connectivity index (χ4n) is 2.96. The summed E-state index contributed by atoms with van der Waals surface area (Å²) in [6.45, 7) is 5.03. The van der Waals surface area contributed by atoms with Gasteiger partial charge in [-0.1, -0.05) is 19.1 Å². The van der Waals surface area contributed by atoms with E-state index in [1.807, 2.05) is 0 Å². The number of carbonyl (C=O) groups is 1. The number of rotatable bonds is 5. The van der Waals surface area contributed by atoms with E-state index in [1.54, 1.807) is 0 Å². The first-order valence-electron chi connectivity index (χ1n) is 7.48. The van der Waals surface area contributed by atoms with Gasteiger partial charge in [-0.25, -0.2) is 0 Å². The molecule has 2 aliphatic rings. The Balaban J connectivity index is 1.83. The molecule has 1 amide bonds. The van der Waals surface area contributed by atoms with Crippen molar-refractivity contribution in [3.8, 4) is 0 Å². The van der Waals surface area contributed by atoms with E-state index in [2.05, 4.69) is 29.3 Å². The Hall–Kier alpha value is -0.830. The highest BCUT2D eigenvalue weighted by Crippen LogP contribution is 2.21. The number of amides is 1. The van der Waals surface area contributed by atoms with Gasteiger partial charge in [-0.3, -0.25) is 4.79 Å². The molecule has 0 aromatic carbocycles. The lowest BCUT2D eigenvalue weighted by Crippen LogP contribution is -2.52. The molecule has 1 heterocycles. The molecule has 2 rings (SSSR count). The summed E-state index contributed by atoms with van der Waals surface area (Å²) in [6.07, 6.45) is 11.4. The number of hydrogen-bond acceptors (Lipinski definition) is 2. The second-order valence-electron chi connectivity index (χ2n) is 5.58. The maximum absolute atomic E-state index is 12.4. The van der Waals surface area contributed by atoms with Gasteiger partial charge >= 0.3 is 0 Å². The molecule has 1 fully saturated rings. The summed E-state index contributed by atoms with van der Waals surface area (Å²) in [5, 5.41) is 3.38. The van der Waals surface area contributed by atoms with Crippen molar-refractivity contribution in [2.75, 3.05) is 19.6 Å². The van der Waals surface area contributed by atoms with E-state index in [9.17, 15) is 4.79 Å². The third-order valence-corrected chi connectivity index (χ3v) is 4.03. The minimum Gasteiger partial charge on any atom is -0.341 e. The van der Waals surface area contributed by atoms with Crippen LogP contribution in [-0.4, -0.2) is 36.5 Å². The third-order valence-electron chi connectivity index (χ3n) is 4.03. The van der Waals surface area contributed by atoms with Crippen LogP contribution in [0.3, 0.4) is 0 Å². The lowest BCUT2D eigenvalue weighted by molar-refractivity contribution is -0.136. The zero-order chi connectivity index (χ0) is 12.8. The van der Waals surface area contributed by atoms with Gasteiger partial charge in [0.15, 0.2) is 0 Å². The Bertz CT molecular complexity index is 301. The van der Waals surface area contributed by atoms with Crippen LogP contribution in [0.15, 0.2) is 12.2 Å². The average Bonchev–Trinajstić information content (AvgIpc) is 2.41. The number of hydrogen-bond donors (Lipinski definition) is 1. The summed E-state index contributed by atoms with van der Waals surface area (Å²) in [4.78, 5) is 14.4. The highest BCUT2D eigenvalue weighted by atomic mass is 16.2. The molecular formula is C15H26N2O. The number of carbonyl (C=O) groups excluding carboxylic acids is 1.